The van der Waals surface area contributed by atoms with E-state index in [0.29, 0.717) is 22.6 Å². The van der Waals surface area contributed by atoms with Crippen LogP contribution in [0.15, 0.2) is 77.9 Å². The minimum Gasteiger partial charge on any atom is -0.493 e. The monoisotopic (exact) mass is 425 g/mol. The van der Waals surface area contributed by atoms with Crippen LogP contribution in [-0.4, -0.2) is 31.3 Å². The molecule has 0 saturated carbocycles. The van der Waals surface area contributed by atoms with E-state index >= 15 is 0 Å². The van der Waals surface area contributed by atoms with Crippen molar-refractivity contribution in [2.75, 3.05) is 14.2 Å². The van der Waals surface area contributed by atoms with Crippen LogP contribution in [0.2, 0.25) is 0 Å². The van der Waals surface area contributed by atoms with Gasteiger partial charge in [-0.05, 0) is 31.2 Å². The van der Waals surface area contributed by atoms with Crippen LogP contribution in [0.4, 0.5) is 0 Å². The van der Waals surface area contributed by atoms with Gasteiger partial charge in [0.15, 0.2) is 11.5 Å². The van der Waals surface area contributed by atoms with Gasteiger partial charge < -0.3 is 9.47 Å². The Labute approximate surface area is 186 Å². The number of benzene rings is 3. The Bertz CT molecular complexity index is 1300. The van der Waals surface area contributed by atoms with Gasteiger partial charge in [0.1, 0.15) is 0 Å². The topological polar surface area (TPSA) is 72.8 Å². The Morgan fingerprint density at radius 3 is 2.50 bits per heavy atom. The van der Waals surface area contributed by atoms with E-state index in [2.05, 4.69) is 10.5 Å². The second-order valence-electron chi connectivity index (χ2n) is 7.22. The molecule has 0 unspecified atom stereocenters. The summed E-state index contributed by atoms with van der Waals surface area (Å²) in [7, 11) is 3.13. The Hall–Kier alpha value is -4.19. The number of hydrazone groups is 1. The van der Waals surface area contributed by atoms with E-state index in [1.807, 2.05) is 67.6 Å². The number of hydrogen-bond donors (Lipinski definition) is 1. The van der Waals surface area contributed by atoms with Crippen LogP contribution in [0.1, 0.15) is 21.5 Å². The number of ether oxygens (including phenoxy) is 2. The number of pyridine rings is 1. The SMILES string of the molecule is COc1cccc(/C=N\NC(=O)c2cc(-c3ccc(C)cc3)nc3ccccc23)c1OC. The second kappa shape index (κ2) is 9.31. The zero-order valence-corrected chi connectivity index (χ0v) is 18.1. The van der Waals surface area contributed by atoms with E-state index in [-0.39, 0.29) is 5.91 Å². The molecule has 0 radical (unpaired) electrons. The lowest BCUT2D eigenvalue weighted by Crippen LogP contribution is -2.18. The van der Waals surface area contributed by atoms with Crippen molar-refractivity contribution in [2.45, 2.75) is 6.92 Å². The third kappa shape index (κ3) is 4.30. The molecule has 1 heterocycles. The van der Waals surface area contributed by atoms with Gasteiger partial charge in [-0.2, -0.15) is 5.10 Å². The Morgan fingerprint density at radius 2 is 1.75 bits per heavy atom. The van der Waals surface area contributed by atoms with Crippen molar-refractivity contribution < 1.29 is 14.3 Å². The van der Waals surface area contributed by atoms with Crippen LogP contribution in [0, 0.1) is 6.92 Å². The second-order valence-corrected chi connectivity index (χ2v) is 7.22. The lowest BCUT2D eigenvalue weighted by molar-refractivity contribution is 0.0956. The smallest absolute Gasteiger partial charge is 0.272 e. The molecule has 4 aromatic rings. The fourth-order valence-corrected chi connectivity index (χ4v) is 3.47. The number of carbonyl (C=O) groups excluding carboxylic acids is 1. The minimum atomic E-state index is -0.324. The molecular weight excluding hydrogens is 402 g/mol. The molecule has 0 saturated heterocycles. The van der Waals surface area contributed by atoms with Crippen LogP contribution < -0.4 is 14.9 Å². The molecule has 0 aliphatic carbocycles. The summed E-state index contributed by atoms with van der Waals surface area (Å²) in [5.41, 5.74) is 7.39. The number of nitrogens with zero attached hydrogens (tertiary/aromatic N) is 2. The number of amides is 1. The molecule has 6 nitrogen and oxygen atoms in total. The van der Waals surface area contributed by atoms with Crippen LogP contribution in [0.5, 0.6) is 11.5 Å². The van der Waals surface area contributed by atoms with Gasteiger partial charge >= 0.3 is 0 Å². The summed E-state index contributed by atoms with van der Waals surface area (Å²) >= 11 is 0. The fraction of sp³-hybridized carbons (Fsp3) is 0.115. The third-order valence-corrected chi connectivity index (χ3v) is 5.11. The minimum absolute atomic E-state index is 0.324. The van der Waals surface area contributed by atoms with Crippen LogP contribution in [-0.2, 0) is 0 Å². The van der Waals surface area contributed by atoms with E-state index in [4.69, 9.17) is 14.5 Å². The van der Waals surface area contributed by atoms with Crippen LogP contribution in [0.25, 0.3) is 22.2 Å². The first kappa shape index (κ1) is 21.1. The maximum absolute atomic E-state index is 13.1. The summed E-state index contributed by atoms with van der Waals surface area (Å²) < 4.78 is 10.7. The van der Waals surface area contributed by atoms with Crippen molar-refractivity contribution in [3.63, 3.8) is 0 Å². The summed E-state index contributed by atoms with van der Waals surface area (Å²) in [6, 6.07) is 22.9. The van der Waals surface area contributed by atoms with E-state index < -0.39 is 0 Å². The maximum atomic E-state index is 13.1. The molecule has 0 fully saturated rings. The molecule has 0 aliphatic heterocycles. The van der Waals surface area contributed by atoms with Crippen LogP contribution in [0.3, 0.4) is 0 Å². The molecule has 0 bridgehead atoms. The number of para-hydroxylation sites is 2. The molecule has 1 N–H and O–H groups in total. The molecule has 1 amide bonds. The fourth-order valence-electron chi connectivity index (χ4n) is 3.47. The molecule has 0 spiro atoms. The molecular formula is C26H23N3O3. The van der Waals surface area contributed by atoms with Gasteiger partial charge in [-0.1, -0.05) is 54.1 Å². The highest BCUT2D eigenvalue weighted by atomic mass is 16.5. The molecule has 6 heteroatoms. The first-order chi connectivity index (χ1) is 15.6. The number of aromatic nitrogens is 1. The number of rotatable bonds is 6. The molecule has 1 aromatic heterocycles. The Morgan fingerprint density at radius 1 is 0.969 bits per heavy atom. The molecule has 0 atom stereocenters. The first-order valence-corrected chi connectivity index (χ1v) is 10.1. The molecule has 32 heavy (non-hydrogen) atoms. The number of methoxy groups -OCH3 is 2. The number of carbonyl (C=O) groups is 1. The molecule has 160 valence electrons. The Balaban J connectivity index is 1.66. The maximum Gasteiger partial charge on any atom is 0.272 e. The molecule has 4 rings (SSSR count). The summed E-state index contributed by atoms with van der Waals surface area (Å²) in [5.74, 6) is 0.810. The van der Waals surface area contributed by atoms with Gasteiger partial charge in [0.2, 0.25) is 0 Å². The number of hydrogen-bond acceptors (Lipinski definition) is 5. The standard InChI is InChI=1S/C26H23N3O3/c1-17-11-13-18(14-12-17)23-15-21(20-8-4-5-9-22(20)28-23)26(30)29-27-16-19-7-6-10-24(31-2)25(19)32-3/h4-16H,1-3H3,(H,29,30)/b27-16-. The predicted octanol–water partition coefficient (Wildman–Crippen LogP) is 4.99. The van der Waals surface area contributed by atoms with Crippen molar-refractivity contribution in [2.24, 2.45) is 5.10 Å². The zero-order chi connectivity index (χ0) is 22.5. The third-order valence-electron chi connectivity index (χ3n) is 5.11. The van der Waals surface area contributed by atoms with Crippen molar-refractivity contribution >= 4 is 23.0 Å². The largest absolute Gasteiger partial charge is 0.493 e. The average molecular weight is 425 g/mol. The van der Waals surface area contributed by atoms with E-state index in [1.54, 1.807) is 26.4 Å². The van der Waals surface area contributed by atoms with Gasteiger partial charge in [-0.3, -0.25) is 4.79 Å². The lowest BCUT2D eigenvalue weighted by atomic mass is 10.0. The zero-order valence-electron chi connectivity index (χ0n) is 18.1. The van der Waals surface area contributed by atoms with Gasteiger partial charge in [-0.25, -0.2) is 10.4 Å². The van der Waals surface area contributed by atoms with Gasteiger partial charge in [0.05, 0.1) is 37.2 Å². The van der Waals surface area contributed by atoms with Crippen molar-refractivity contribution in [3.05, 3.63) is 89.5 Å². The quantitative estimate of drug-likeness (QED) is 0.349. The Kier molecular flexibility index (Phi) is 6.12. The van der Waals surface area contributed by atoms with E-state index in [9.17, 15) is 4.79 Å². The van der Waals surface area contributed by atoms with Gasteiger partial charge in [0.25, 0.3) is 5.91 Å². The highest BCUT2D eigenvalue weighted by Crippen LogP contribution is 2.29. The number of fused-ring (bicyclic) bond motifs is 1. The normalized spacial score (nSPS) is 11.0. The van der Waals surface area contributed by atoms with Gasteiger partial charge in [-0.15, -0.1) is 0 Å². The van der Waals surface area contributed by atoms with Crippen molar-refractivity contribution in [3.8, 4) is 22.8 Å². The van der Waals surface area contributed by atoms with Crippen LogP contribution >= 0.6 is 0 Å². The highest BCUT2D eigenvalue weighted by molar-refractivity contribution is 6.07. The summed E-state index contributed by atoms with van der Waals surface area (Å²) in [5, 5.41) is 4.90. The van der Waals surface area contributed by atoms with Crippen molar-refractivity contribution in [1.82, 2.24) is 10.4 Å². The summed E-state index contributed by atoms with van der Waals surface area (Å²) in [6.07, 6.45) is 1.53. The van der Waals surface area contributed by atoms with Crippen molar-refractivity contribution in [1.29, 1.82) is 0 Å². The highest BCUT2D eigenvalue weighted by Gasteiger charge is 2.14. The van der Waals surface area contributed by atoms with E-state index in [1.165, 1.54) is 6.21 Å². The molecule has 3 aromatic carbocycles. The first-order valence-electron chi connectivity index (χ1n) is 10.1. The molecule has 0 aliphatic rings. The lowest BCUT2D eigenvalue weighted by Gasteiger charge is -2.10. The predicted molar refractivity (Wildman–Crippen MR) is 127 cm³/mol. The number of aryl methyl sites for hydroxylation is 1. The summed E-state index contributed by atoms with van der Waals surface area (Å²) in [4.78, 5) is 17.8. The average Bonchev–Trinajstić information content (AvgIpc) is 2.83. The van der Waals surface area contributed by atoms with Gasteiger partial charge in [0, 0.05) is 16.5 Å². The van der Waals surface area contributed by atoms with E-state index in [0.717, 1.165) is 27.7 Å². The number of nitrogens with one attached hydrogen (secondary N) is 1. The summed E-state index contributed by atoms with van der Waals surface area (Å²) in [6.45, 7) is 2.03.